The van der Waals surface area contributed by atoms with E-state index in [1.54, 1.807) is 0 Å². The van der Waals surface area contributed by atoms with Crippen LogP contribution in [0.1, 0.15) is 163 Å². The molecular formula is C67H74BN3. The molecule has 0 amide bonds. The molecule has 2 heterocycles. The monoisotopic (exact) mass is 935 g/mol. The molecule has 5 aliphatic rings. The van der Waals surface area contributed by atoms with Crippen molar-refractivity contribution in [3.05, 3.63) is 177 Å². The first-order valence-corrected chi connectivity index (χ1v) is 26.4. The van der Waals surface area contributed by atoms with Crippen molar-refractivity contribution < 1.29 is 4.11 Å². The molecule has 4 heteroatoms. The van der Waals surface area contributed by atoms with Crippen molar-refractivity contribution in [1.82, 2.24) is 0 Å². The molecule has 0 radical (unpaired) electrons. The predicted molar refractivity (Wildman–Crippen MR) is 306 cm³/mol. The zero-order chi connectivity index (χ0) is 52.6. The molecule has 0 saturated heterocycles. The van der Waals surface area contributed by atoms with Gasteiger partial charge in [-0.1, -0.05) is 144 Å². The Morgan fingerprint density at radius 3 is 1.55 bits per heavy atom. The second kappa shape index (κ2) is 15.0. The topological polar surface area (TPSA) is 9.72 Å². The first kappa shape index (κ1) is 42.7. The Hall–Kier alpha value is -6.00. The molecule has 2 aliphatic heterocycles. The molecule has 0 bridgehead atoms. The molecule has 0 aromatic heterocycles. The Kier molecular flexibility index (Phi) is 9.03. The molecule has 71 heavy (non-hydrogen) atoms. The van der Waals surface area contributed by atoms with E-state index in [1.807, 2.05) is 12.1 Å². The summed E-state index contributed by atoms with van der Waals surface area (Å²) in [4.78, 5) is 7.35. The number of fused-ring (bicyclic) bond motifs is 7. The van der Waals surface area contributed by atoms with E-state index in [0.29, 0.717) is 5.56 Å². The maximum Gasteiger partial charge on any atom is 0.252 e. The van der Waals surface area contributed by atoms with E-state index in [9.17, 15) is 4.11 Å². The van der Waals surface area contributed by atoms with Gasteiger partial charge in [0.05, 0.1) is 0 Å². The first-order valence-electron chi connectivity index (χ1n) is 27.9. The minimum Gasteiger partial charge on any atom is -0.311 e. The van der Waals surface area contributed by atoms with Crippen molar-refractivity contribution >= 4 is 74.3 Å². The van der Waals surface area contributed by atoms with Crippen molar-refractivity contribution in [1.29, 1.82) is 0 Å². The number of benzene rings is 7. The van der Waals surface area contributed by atoms with E-state index >= 15 is 0 Å². The number of nitrogens with zero attached hydrogens (tertiary/aromatic N) is 3. The second-order valence-electron chi connectivity index (χ2n) is 26.2. The van der Waals surface area contributed by atoms with Gasteiger partial charge in [-0.2, -0.15) is 0 Å². The van der Waals surface area contributed by atoms with Gasteiger partial charge in [0.1, 0.15) is 0 Å². The normalized spacial score (nSPS) is 20.4. The van der Waals surface area contributed by atoms with Crippen LogP contribution in [0, 0.1) is 20.7 Å². The van der Waals surface area contributed by atoms with Crippen LogP contribution in [0.15, 0.2) is 127 Å². The van der Waals surface area contributed by atoms with Gasteiger partial charge < -0.3 is 14.7 Å². The molecule has 0 N–H and O–H groups in total. The third-order valence-electron chi connectivity index (χ3n) is 18.2. The van der Waals surface area contributed by atoms with Crippen LogP contribution in [0.5, 0.6) is 0 Å². The molecule has 360 valence electrons. The highest BCUT2D eigenvalue weighted by Crippen LogP contribution is 2.57. The summed E-state index contributed by atoms with van der Waals surface area (Å²) in [5.74, 6) is 0. The number of rotatable bonds is 5. The van der Waals surface area contributed by atoms with Gasteiger partial charge in [-0.3, -0.25) is 0 Å². The maximum atomic E-state index is 9.33. The Balaban J connectivity index is 1.23. The van der Waals surface area contributed by atoms with Crippen LogP contribution in [-0.4, -0.2) is 6.71 Å². The molecule has 0 unspecified atom stereocenters. The molecule has 0 saturated carbocycles. The van der Waals surface area contributed by atoms with Crippen molar-refractivity contribution in [3.8, 4) is 0 Å². The number of hydrogen-bond donors (Lipinski definition) is 0. The summed E-state index contributed by atoms with van der Waals surface area (Å²) in [6.45, 7) is 30.9. The molecule has 0 spiro atoms. The first-order chi connectivity index (χ1) is 34.6. The van der Waals surface area contributed by atoms with E-state index in [-0.39, 0.29) is 39.2 Å². The highest BCUT2D eigenvalue weighted by Gasteiger charge is 2.50. The van der Waals surface area contributed by atoms with Gasteiger partial charge in [0, 0.05) is 55.3 Å². The summed E-state index contributed by atoms with van der Waals surface area (Å²) >= 11 is 0. The van der Waals surface area contributed by atoms with Gasteiger partial charge in [0.2, 0.25) is 0 Å². The summed E-state index contributed by atoms with van der Waals surface area (Å²) in [5.41, 5.74) is 24.1. The molecule has 12 rings (SSSR count). The summed E-state index contributed by atoms with van der Waals surface area (Å²) in [5, 5.41) is 0. The number of hydrogen-bond acceptors (Lipinski definition) is 3. The van der Waals surface area contributed by atoms with E-state index in [2.05, 4.69) is 227 Å². The van der Waals surface area contributed by atoms with Gasteiger partial charge in [0.15, 0.2) is 0 Å². The van der Waals surface area contributed by atoms with Gasteiger partial charge in [-0.25, -0.2) is 0 Å². The lowest BCUT2D eigenvalue weighted by atomic mass is 9.33. The lowest BCUT2D eigenvalue weighted by Crippen LogP contribution is -2.62. The van der Waals surface area contributed by atoms with Crippen LogP contribution in [0.4, 0.5) is 51.2 Å². The van der Waals surface area contributed by atoms with Crippen LogP contribution >= 0.6 is 0 Å². The standard InChI is InChI=1S/C67H74BN3/c1-41-32-58-61-59(33-41)71(55-37-51-48(34-42(55)2)65(10,11)39-66(51,12)13)57-38-50-49(62(4,5)30-31-63(50,6)7)36-53(57)68(61)52-28-26-46(69(44-22-18-16-19-23-44)45-24-20-17-21-25-45)35-56(52)70(58)54-29-27-47-60(43(54)3)67(14,15)40-64(47,8)9/h16-29,32-38H,30-31,39-40H2,1-15H3/i1D3. The molecular weight excluding hydrogens is 858 g/mol. The maximum absolute atomic E-state index is 9.33. The van der Waals surface area contributed by atoms with Crippen molar-refractivity contribution in [2.45, 2.75) is 162 Å². The van der Waals surface area contributed by atoms with Gasteiger partial charge in [-0.15, -0.1) is 0 Å². The number of anilines is 9. The predicted octanol–water partition coefficient (Wildman–Crippen LogP) is 16.4. The Labute approximate surface area is 430 Å². The zero-order valence-electron chi connectivity index (χ0n) is 47.9. The van der Waals surface area contributed by atoms with Gasteiger partial charge in [0.25, 0.3) is 6.71 Å². The summed E-state index contributed by atoms with van der Waals surface area (Å²) in [6.07, 6.45) is 4.30. The fraction of sp³-hybridized carbons (Fsp3) is 0.373. The quantitative estimate of drug-likeness (QED) is 0.159. The van der Waals surface area contributed by atoms with Crippen LogP contribution in [-0.2, 0) is 32.5 Å². The van der Waals surface area contributed by atoms with E-state index in [4.69, 9.17) is 0 Å². The fourth-order valence-electron chi connectivity index (χ4n) is 15.3. The lowest BCUT2D eigenvalue weighted by molar-refractivity contribution is 0.332. The van der Waals surface area contributed by atoms with Crippen LogP contribution < -0.4 is 31.1 Å². The van der Waals surface area contributed by atoms with Crippen molar-refractivity contribution in [3.63, 3.8) is 0 Å². The summed E-state index contributed by atoms with van der Waals surface area (Å²) in [6, 6.07) is 47.4. The molecule has 7 aromatic rings. The van der Waals surface area contributed by atoms with Crippen molar-refractivity contribution in [2.24, 2.45) is 0 Å². The smallest absolute Gasteiger partial charge is 0.252 e. The third kappa shape index (κ3) is 6.74. The van der Waals surface area contributed by atoms with Crippen LogP contribution in [0.25, 0.3) is 0 Å². The molecule has 3 aliphatic carbocycles. The largest absolute Gasteiger partial charge is 0.311 e. The minimum atomic E-state index is -2.39. The fourth-order valence-corrected chi connectivity index (χ4v) is 15.3. The number of para-hydroxylation sites is 2. The van der Waals surface area contributed by atoms with E-state index < -0.39 is 6.85 Å². The zero-order valence-corrected chi connectivity index (χ0v) is 44.9. The highest BCUT2D eigenvalue weighted by atomic mass is 15.2. The molecule has 0 fully saturated rings. The SMILES string of the molecule is [2H]C([2H])([2H])c1cc2c3c(c1)N(c1ccc4c(c1C)C(C)(C)CC4(C)C)c1cc(N(c4ccccc4)c4ccccc4)ccc1B3c1cc3c(cc1N2c1cc2c(cc1C)C(C)(C)CC2(C)C)C(C)(C)CCC3(C)C. The Morgan fingerprint density at radius 2 is 0.944 bits per heavy atom. The lowest BCUT2D eigenvalue weighted by Gasteiger charge is -2.48. The molecule has 7 aromatic carbocycles. The summed E-state index contributed by atoms with van der Waals surface area (Å²) in [7, 11) is 0. The van der Waals surface area contributed by atoms with Gasteiger partial charge in [-0.05, 0) is 212 Å². The van der Waals surface area contributed by atoms with Crippen molar-refractivity contribution in [2.75, 3.05) is 14.7 Å². The van der Waals surface area contributed by atoms with Crippen LogP contribution in [0.3, 0.4) is 0 Å². The average Bonchev–Trinajstić information content (AvgIpc) is 3.64. The van der Waals surface area contributed by atoms with Gasteiger partial charge >= 0.3 is 0 Å². The minimum absolute atomic E-state index is 0.00952. The Morgan fingerprint density at radius 1 is 0.437 bits per heavy atom. The number of aryl methyl sites for hydroxylation is 2. The van der Waals surface area contributed by atoms with E-state index in [0.717, 1.165) is 82.3 Å². The molecule has 3 nitrogen and oxygen atoms in total. The Bertz CT molecular complexity index is 3450. The third-order valence-corrected chi connectivity index (χ3v) is 18.2. The second-order valence-corrected chi connectivity index (χ2v) is 26.2. The molecule has 0 atom stereocenters. The van der Waals surface area contributed by atoms with E-state index in [1.165, 1.54) is 55.4 Å². The summed E-state index contributed by atoms with van der Waals surface area (Å²) < 4.78 is 28.0. The average molecular weight is 935 g/mol. The van der Waals surface area contributed by atoms with Crippen LogP contribution in [0.2, 0.25) is 0 Å². The highest BCUT2D eigenvalue weighted by molar-refractivity contribution is 7.00.